The van der Waals surface area contributed by atoms with Gasteiger partial charge in [0.1, 0.15) is 12.8 Å². The maximum atomic E-state index is 13.8. The summed E-state index contributed by atoms with van der Waals surface area (Å²) in [6.45, 7) is 9.85. The van der Waals surface area contributed by atoms with Crippen LogP contribution in [0.5, 0.6) is 5.88 Å². The van der Waals surface area contributed by atoms with E-state index in [1.54, 1.807) is 0 Å². The first-order chi connectivity index (χ1) is 9.54. The molecule has 1 unspecified atom stereocenters. The highest BCUT2D eigenvalue weighted by Crippen LogP contribution is 2.36. The highest BCUT2D eigenvalue weighted by Gasteiger charge is 2.37. The van der Waals surface area contributed by atoms with Gasteiger partial charge in [-0.2, -0.15) is 5.10 Å². The standard InChI is InChI=1S/C12H22FN3O4Si/c1-12(2,3)21(4,5)20-8-9(13)7-19-11-10(16(17)18)6-14-15-11/h6,9H,7-8H2,1-5H3,(H,14,15). The Balaban J connectivity index is 2.46. The summed E-state index contributed by atoms with van der Waals surface area (Å²) in [4.78, 5) is 10.0. The summed E-state index contributed by atoms with van der Waals surface area (Å²) in [7, 11) is -2.02. The van der Waals surface area contributed by atoms with E-state index in [-0.39, 0.29) is 29.8 Å². The molecule has 0 spiro atoms. The number of ether oxygens (including phenoxy) is 1. The molecular formula is C12H22FN3O4Si. The number of nitrogens with one attached hydrogen (secondary N) is 1. The fourth-order valence-corrected chi connectivity index (χ4v) is 2.27. The van der Waals surface area contributed by atoms with E-state index in [0.717, 1.165) is 6.20 Å². The molecule has 120 valence electrons. The number of aromatic amines is 1. The second kappa shape index (κ2) is 6.52. The maximum absolute atomic E-state index is 13.8. The first-order valence-electron chi connectivity index (χ1n) is 6.63. The quantitative estimate of drug-likeness (QED) is 0.474. The number of halogens is 1. The fourth-order valence-electron chi connectivity index (χ4n) is 1.24. The minimum absolute atomic E-state index is 0.00423. The third-order valence-corrected chi connectivity index (χ3v) is 8.12. The van der Waals surface area contributed by atoms with Gasteiger partial charge in [-0.25, -0.2) is 9.49 Å². The lowest BCUT2D eigenvalue weighted by Crippen LogP contribution is -2.42. The monoisotopic (exact) mass is 319 g/mol. The summed E-state index contributed by atoms with van der Waals surface area (Å²) in [5.41, 5.74) is -0.312. The van der Waals surface area contributed by atoms with Crippen LogP contribution in [0.2, 0.25) is 18.1 Å². The number of hydrogen-bond donors (Lipinski definition) is 1. The number of hydrogen-bond acceptors (Lipinski definition) is 5. The molecule has 0 saturated heterocycles. The van der Waals surface area contributed by atoms with Gasteiger partial charge in [0.2, 0.25) is 0 Å². The Bertz CT molecular complexity index is 487. The topological polar surface area (TPSA) is 90.3 Å². The van der Waals surface area contributed by atoms with Crippen molar-refractivity contribution in [3.05, 3.63) is 16.3 Å². The number of nitrogens with zero attached hydrogens (tertiary/aromatic N) is 2. The Morgan fingerprint density at radius 3 is 2.62 bits per heavy atom. The van der Waals surface area contributed by atoms with Crippen molar-refractivity contribution in [3.8, 4) is 5.88 Å². The van der Waals surface area contributed by atoms with Crippen LogP contribution in [0.4, 0.5) is 10.1 Å². The Morgan fingerprint density at radius 1 is 1.48 bits per heavy atom. The Kier molecular flexibility index (Phi) is 5.46. The zero-order valence-corrected chi connectivity index (χ0v) is 14.0. The zero-order valence-electron chi connectivity index (χ0n) is 13.0. The maximum Gasteiger partial charge on any atom is 0.350 e. The van der Waals surface area contributed by atoms with Crippen LogP contribution in [0.1, 0.15) is 20.8 Å². The molecule has 1 aromatic rings. The zero-order chi connectivity index (χ0) is 16.3. The first-order valence-corrected chi connectivity index (χ1v) is 9.54. The van der Waals surface area contributed by atoms with Crippen molar-refractivity contribution < 1.29 is 18.5 Å². The number of alkyl halides is 1. The number of rotatable bonds is 7. The van der Waals surface area contributed by atoms with Gasteiger partial charge >= 0.3 is 5.69 Å². The highest BCUT2D eigenvalue weighted by molar-refractivity contribution is 6.74. The lowest BCUT2D eigenvalue weighted by Gasteiger charge is -2.36. The highest BCUT2D eigenvalue weighted by atomic mass is 28.4. The summed E-state index contributed by atoms with van der Waals surface area (Å²) in [5, 5.41) is 16.5. The lowest BCUT2D eigenvalue weighted by atomic mass is 10.2. The van der Waals surface area contributed by atoms with Crippen molar-refractivity contribution in [3.63, 3.8) is 0 Å². The van der Waals surface area contributed by atoms with E-state index in [1.807, 2.05) is 13.1 Å². The molecule has 1 aromatic heterocycles. The van der Waals surface area contributed by atoms with E-state index in [2.05, 4.69) is 31.0 Å². The molecule has 0 aliphatic heterocycles. The average molecular weight is 319 g/mol. The lowest BCUT2D eigenvalue weighted by molar-refractivity contribution is -0.385. The number of nitro groups is 1. The number of H-pyrrole nitrogens is 1. The van der Waals surface area contributed by atoms with E-state index in [1.165, 1.54) is 0 Å². The van der Waals surface area contributed by atoms with Gasteiger partial charge in [0.05, 0.1) is 11.5 Å². The van der Waals surface area contributed by atoms with Crippen LogP contribution in [0.3, 0.4) is 0 Å². The van der Waals surface area contributed by atoms with Crippen LogP contribution in [0.15, 0.2) is 6.20 Å². The van der Waals surface area contributed by atoms with E-state index in [4.69, 9.17) is 9.16 Å². The van der Waals surface area contributed by atoms with Crippen molar-refractivity contribution in [1.29, 1.82) is 0 Å². The third-order valence-electron chi connectivity index (χ3n) is 3.62. The molecule has 0 aliphatic rings. The molecule has 0 amide bonds. The SMILES string of the molecule is CC(C)(C)[Si](C)(C)OCC(F)COc1[nH]ncc1[N+](=O)[O-]. The molecule has 0 radical (unpaired) electrons. The van der Waals surface area contributed by atoms with Crippen LogP contribution < -0.4 is 4.74 Å². The molecule has 0 fully saturated rings. The van der Waals surface area contributed by atoms with Gasteiger partial charge in [-0.3, -0.25) is 10.1 Å². The van der Waals surface area contributed by atoms with Gasteiger partial charge in [-0.05, 0) is 18.1 Å². The van der Waals surface area contributed by atoms with Crippen molar-refractivity contribution >= 4 is 14.0 Å². The molecule has 0 saturated carbocycles. The van der Waals surface area contributed by atoms with Crippen LogP contribution in [-0.4, -0.2) is 42.8 Å². The van der Waals surface area contributed by atoms with Crippen molar-refractivity contribution in [2.75, 3.05) is 13.2 Å². The molecule has 9 heteroatoms. The van der Waals surface area contributed by atoms with Crippen LogP contribution in [-0.2, 0) is 4.43 Å². The third kappa shape index (κ3) is 4.78. The Morgan fingerprint density at radius 2 is 2.10 bits per heavy atom. The summed E-state index contributed by atoms with van der Waals surface area (Å²) >= 11 is 0. The van der Waals surface area contributed by atoms with Gasteiger partial charge in [-0.1, -0.05) is 20.8 Å². The smallest absolute Gasteiger partial charge is 0.350 e. The van der Waals surface area contributed by atoms with Crippen LogP contribution in [0.25, 0.3) is 0 Å². The normalized spacial score (nSPS) is 14.0. The Hall–Kier alpha value is -1.48. The summed E-state index contributed by atoms with van der Waals surface area (Å²) < 4.78 is 24.6. The minimum atomic E-state index is -2.02. The van der Waals surface area contributed by atoms with E-state index in [0.29, 0.717) is 0 Å². The molecule has 1 N–H and O–H groups in total. The molecule has 1 atom stereocenters. The van der Waals surface area contributed by atoms with Crippen molar-refractivity contribution in [1.82, 2.24) is 10.2 Å². The average Bonchev–Trinajstić information content (AvgIpc) is 2.81. The first kappa shape index (κ1) is 17.6. The molecule has 1 heterocycles. The predicted molar refractivity (Wildman–Crippen MR) is 78.8 cm³/mol. The van der Waals surface area contributed by atoms with Crippen LogP contribution >= 0.6 is 0 Å². The number of aromatic nitrogens is 2. The Labute approximate surface area is 124 Å². The molecule has 0 aromatic carbocycles. The molecule has 21 heavy (non-hydrogen) atoms. The van der Waals surface area contributed by atoms with Gasteiger partial charge in [0.15, 0.2) is 14.5 Å². The van der Waals surface area contributed by atoms with Gasteiger partial charge in [-0.15, -0.1) is 0 Å². The molecular weight excluding hydrogens is 297 g/mol. The summed E-state index contributed by atoms with van der Waals surface area (Å²) in [6.07, 6.45) is -0.337. The van der Waals surface area contributed by atoms with E-state index >= 15 is 0 Å². The molecule has 1 rings (SSSR count). The van der Waals surface area contributed by atoms with E-state index < -0.39 is 19.4 Å². The molecule has 0 aliphatic carbocycles. The van der Waals surface area contributed by atoms with Crippen molar-refractivity contribution in [2.45, 2.75) is 45.1 Å². The minimum Gasteiger partial charge on any atom is -0.470 e. The second-order valence-electron chi connectivity index (χ2n) is 6.32. The summed E-state index contributed by atoms with van der Waals surface area (Å²) in [5.74, 6) is -0.144. The van der Waals surface area contributed by atoms with Gasteiger partial charge in [0, 0.05) is 0 Å². The largest absolute Gasteiger partial charge is 0.470 e. The predicted octanol–water partition coefficient (Wildman–Crippen LogP) is 3.06. The van der Waals surface area contributed by atoms with Gasteiger partial charge < -0.3 is 9.16 Å². The fraction of sp³-hybridized carbons (Fsp3) is 0.750. The van der Waals surface area contributed by atoms with Gasteiger partial charge in [0.25, 0.3) is 5.88 Å². The molecule has 0 bridgehead atoms. The van der Waals surface area contributed by atoms with E-state index in [9.17, 15) is 14.5 Å². The second-order valence-corrected chi connectivity index (χ2v) is 11.1. The molecule has 7 nitrogen and oxygen atoms in total. The summed E-state index contributed by atoms with van der Waals surface area (Å²) in [6, 6.07) is 0. The van der Waals surface area contributed by atoms with Crippen molar-refractivity contribution in [2.24, 2.45) is 0 Å². The van der Waals surface area contributed by atoms with Crippen LogP contribution in [0, 0.1) is 10.1 Å².